The maximum Gasteiger partial charge on any atom is 0.244 e. The van der Waals surface area contributed by atoms with Gasteiger partial charge in [-0.25, -0.2) is 8.42 Å². The highest BCUT2D eigenvalue weighted by molar-refractivity contribution is 7.92. The van der Waals surface area contributed by atoms with E-state index < -0.39 is 28.5 Å². The molecule has 0 saturated heterocycles. The van der Waals surface area contributed by atoms with Gasteiger partial charge in [0.2, 0.25) is 21.8 Å². The van der Waals surface area contributed by atoms with Gasteiger partial charge in [-0.2, -0.15) is 0 Å². The van der Waals surface area contributed by atoms with Gasteiger partial charge in [-0.05, 0) is 50.1 Å². The van der Waals surface area contributed by atoms with E-state index >= 15 is 0 Å². The van der Waals surface area contributed by atoms with Crippen LogP contribution >= 0.6 is 0 Å². The van der Waals surface area contributed by atoms with Crippen LogP contribution in [0.2, 0.25) is 0 Å². The highest BCUT2D eigenvalue weighted by atomic mass is 32.2. The molecular formula is C26H37N3O7S. The molecule has 1 N–H and O–H groups in total. The maximum absolute atomic E-state index is 13.7. The first kappa shape index (κ1) is 29.8. The van der Waals surface area contributed by atoms with Crippen molar-refractivity contribution in [3.8, 4) is 17.2 Å². The average Bonchev–Trinajstić information content (AvgIpc) is 2.88. The summed E-state index contributed by atoms with van der Waals surface area (Å²) in [6.45, 7) is 5.01. The third kappa shape index (κ3) is 8.01. The molecule has 2 amide bonds. The van der Waals surface area contributed by atoms with E-state index in [0.29, 0.717) is 17.2 Å². The molecule has 0 heterocycles. The fourth-order valence-electron chi connectivity index (χ4n) is 3.61. The van der Waals surface area contributed by atoms with Gasteiger partial charge in [0, 0.05) is 18.7 Å². The number of amides is 2. The molecule has 0 aliphatic heterocycles. The molecule has 0 aliphatic carbocycles. The molecule has 0 aromatic heterocycles. The molecule has 2 aromatic rings. The Balaban J connectivity index is 2.45. The molecule has 37 heavy (non-hydrogen) atoms. The zero-order chi connectivity index (χ0) is 27.8. The van der Waals surface area contributed by atoms with Crippen LogP contribution < -0.4 is 23.8 Å². The van der Waals surface area contributed by atoms with Crippen molar-refractivity contribution >= 4 is 27.5 Å². The zero-order valence-corrected chi connectivity index (χ0v) is 23.3. The van der Waals surface area contributed by atoms with Crippen molar-refractivity contribution in [2.45, 2.75) is 45.8 Å². The van der Waals surface area contributed by atoms with Crippen molar-refractivity contribution < 1.29 is 32.2 Å². The lowest BCUT2D eigenvalue weighted by atomic mass is 10.1. The Morgan fingerprint density at radius 2 is 1.65 bits per heavy atom. The van der Waals surface area contributed by atoms with Gasteiger partial charge in [-0.3, -0.25) is 13.9 Å². The van der Waals surface area contributed by atoms with Crippen molar-refractivity contribution in [3.05, 3.63) is 48.0 Å². The number of ether oxygens (including phenoxy) is 3. The summed E-state index contributed by atoms with van der Waals surface area (Å²) in [5.74, 6) is 0.457. The zero-order valence-electron chi connectivity index (χ0n) is 22.5. The van der Waals surface area contributed by atoms with Gasteiger partial charge in [0.25, 0.3) is 0 Å². The van der Waals surface area contributed by atoms with Crippen molar-refractivity contribution in [1.29, 1.82) is 0 Å². The third-order valence-corrected chi connectivity index (χ3v) is 7.13. The molecule has 0 unspecified atom stereocenters. The minimum atomic E-state index is -3.87. The van der Waals surface area contributed by atoms with Crippen LogP contribution in [-0.4, -0.2) is 71.3 Å². The Bertz CT molecular complexity index is 1190. The highest BCUT2D eigenvalue weighted by Crippen LogP contribution is 2.32. The van der Waals surface area contributed by atoms with Gasteiger partial charge < -0.3 is 24.4 Å². The van der Waals surface area contributed by atoms with Gasteiger partial charge in [0.05, 0.1) is 33.3 Å². The summed E-state index contributed by atoms with van der Waals surface area (Å²) in [5, 5.41) is 2.90. The summed E-state index contributed by atoms with van der Waals surface area (Å²) >= 11 is 0. The van der Waals surface area contributed by atoms with E-state index in [2.05, 4.69) is 5.32 Å². The third-order valence-electron chi connectivity index (χ3n) is 5.99. The molecule has 2 aromatic carbocycles. The number of carbonyl (C=O) groups excluding carboxylic acids is 2. The quantitative estimate of drug-likeness (QED) is 0.419. The van der Waals surface area contributed by atoms with E-state index in [1.54, 1.807) is 31.2 Å². The molecule has 204 valence electrons. The summed E-state index contributed by atoms with van der Waals surface area (Å²) in [7, 11) is 0.570. The molecule has 0 radical (unpaired) electrons. The first-order valence-electron chi connectivity index (χ1n) is 11.9. The number of rotatable bonds is 13. The Labute approximate surface area is 219 Å². The minimum absolute atomic E-state index is 0.0780. The fraction of sp³-hybridized carbons (Fsp3) is 0.462. The van der Waals surface area contributed by atoms with Crippen LogP contribution in [0, 0.1) is 0 Å². The summed E-state index contributed by atoms with van der Waals surface area (Å²) < 4.78 is 42.3. The van der Waals surface area contributed by atoms with Crippen LogP contribution in [0.15, 0.2) is 42.5 Å². The van der Waals surface area contributed by atoms with E-state index in [0.717, 1.165) is 22.5 Å². The van der Waals surface area contributed by atoms with Crippen molar-refractivity contribution in [3.63, 3.8) is 0 Å². The Morgan fingerprint density at radius 3 is 2.22 bits per heavy atom. The smallest absolute Gasteiger partial charge is 0.244 e. The second-order valence-corrected chi connectivity index (χ2v) is 10.6. The lowest BCUT2D eigenvalue weighted by Gasteiger charge is -2.32. The summed E-state index contributed by atoms with van der Waals surface area (Å²) in [5.41, 5.74) is 0.958. The Morgan fingerprint density at radius 1 is 0.973 bits per heavy atom. The predicted molar refractivity (Wildman–Crippen MR) is 143 cm³/mol. The van der Waals surface area contributed by atoms with Crippen molar-refractivity contribution in [2.24, 2.45) is 0 Å². The number of nitrogens with one attached hydrogen (secondary N) is 1. The summed E-state index contributed by atoms with van der Waals surface area (Å²) in [6, 6.07) is 10.8. The standard InChI is InChI=1S/C26H37N3O7S/c1-8-18(2)27-26(31)19(3)28(16-20-10-9-11-22(14-20)34-4)25(30)17-29(37(7,32)33)21-12-13-23(35-5)24(15-21)36-6/h9-15,18-19H,8,16-17H2,1-7H3,(H,27,31)/t18-,19+/m0/s1. The van der Waals surface area contributed by atoms with Crippen molar-refractivity contribution in [1.82, 2.24) is 10.2 Å². The Hall–Kier alpha value is -3.47. The minimum Gasteiger partial charge on any atom is -0.497 e. The van der Waals surface area contributed by atoms with Crippen LogP contribution in [0.4, 0.5) is 5.69 Å². The molecule has 0 fully saturated rings. The van der Waals surface area contributed by atoms with E-state index in [1.165, 1.54) is 38.4 Å². The summed E-state index contributed by atoms with van der Waals surface area (Å²) in [6.07, 6.45) is 1.74. The molecular weight excluding hydrogens is 498 g/mol. The van der Waals surface area contributed by atoms with Gasteiger partial charge in [-0.1, -0.05) is 19.1 Å². The van der Waals surface area contributed by atoms with Crippen molar-refractivity contribution in [2.75, 3.05) is 38.4 Å². The van der Waals surface area contributed by atoms with Crippen LogP contribution in [0.1, 0.15) is 32.8 Å². The molecule has 2 atom stereocenters. The second kappa shape index (κ2) is 13.2. The SMILES string of the molecule is CC[C@H](C)NC(=O)[C@@H](C)N(Cc1cccc(OC)c1)C(=O)CN(c1ccc(OC)c(OC)c1)S(C)(=O)=O. The summed E-state index contributed by atoms with van der Waals surface area (Å²) in [4.78, 5) is 28.0. The molecule has 0 aliphatic rings. The number of hydrogen-bond acceptors (Lipinski definition) is 7. The number of benzene rings is 2. The average molecular weight is 536 g/mol. The highest BCUT2D eigenvalue weighted by Gasteiger charge is 2.31. The Kier molecular flexibility index (Phi) is 10.6. The first-order valence-corrected chi connectivity index (χ1v) is 13.7. The molecule has 10 nitrogen and oxygen atoms in total. The van der Waals surface area contributed by atoms with E-state index in [-0.39, 0.29) is 24.2 Å². The maximum atomic E-state index is 13.7. The largest absolute Gasteiger partial charge is 0.497 e. The predicted octanol–water partition coefficient (Wildman–Crippen LogP) is 2.81. The second-order valence-electron chi connectivity index (χ2n) is 8.68. The lowest BCUT2D eigenvalue weighted by Crippen LogP contribution is -2.52. The molecule has 0 spiro atoms. The topological polar surface area (TPSA) is 114 Å². The number of nitrogens with zero attached hydrogens (tertiary/aromatic N) is 2. The number of sulfonamides is 1. The van der Waals surface area contributed by atoms with Gasteiger partial charge in [0.15, 0.2) is 11.5 Å². The van der Waals surface area contributed by atoms with Gasteiger partial charge >= 0.3 is 0 Å². The number of hydrogen-bond donors (Lipinski definition) is 1. The van der Waals surface area contributed by atoms with Crippen LogP contribution in [-0.2, 0) is 26.2 Å². The van der Waals surface area contributed by atoms with E-state index in [1.807, 2.05) is 19.9 Å². The normalized spacial score (nSPS) is 12.7. The number of carbonyl (C=O) groups is 2. The fourth-order valence-corrected chi connectivity index (χ4v) is 4.45. The lowest BCUT2D eigenvalue weighted by molar-refractivity contribution is -0.139. The monoisotopic (exact) mass is 535 g/mol. The number of anilines is 1. The molecule has 0 bridgehead atoms. The number of methoxy groups -OCH3 is 3. The van der Waals surface area contributed by atoms with Crippen LogP contribution in [0.5, 0.6) is 17.2 Å². The van der Waals surface area contributed by atoms with Crippen LogP contribution in [0.25, 0.3) is 0 Å². The molecule has 11 heteroatoms. The first-order chi connectivity index (χ1) is 17.4. The molecule has 0 saturated carbocycles. The van der Waals surface area contributed by atoms with E-state index in [9.17, 15) is 18.0 Å². The van der Waals surface area contributed by atoms with Gasteiger partial charge in [0.1, 0.15) is 18.3 Å². The van der Waals surface area contributed by atoms with E-state index in [4.69, 9.17) is 14.2 Å². The van der Waals surface area contributed by atoms with Gasteiger partial charge in [-0.15, -0.1) is 0 Å². The van der Waals surface area contributed by atoms with Crippen LogP contribution in [0.3, 0.4) is 0 Å². The molecule has 2 rings (SSSR count).